The average Bonchev–Trinajstić information content (AvgIpc) is 2.38. The van der Waals surface area contributed by atoms with Gasteiger partial charge in [-0.3, -0.25) is 4.98 Å². The summed E-state index contributed by atoms with van der Waals surface area (Å²) in [6.45, 7) is 6.52. The largest absolute Gasteiger partial charge is 0.487 e. The number of rotatable bonds is 4. The van der Waals surface area contributed by atoms with Gasteiger partial charge in [0.25, 0.3) is 0 Å². The molecule has 2 N–H and O–H groups in total. The molecule has 0 saturated heterocycles. The first-order chi connectivity index (χ1) is 9.08. The van der Waals surface area contributed by atoms with Crippen LogP contribution in [0.4, 0.5) is 0 Å². The number of ether oxygens (including phenoxy) is 1. The molecule has 0 bridgehead atoms. The molecule has 1 aromatic heterocycles. The van der Waals surface area contributed by atoms with E-state index in [9.17, 15) is 0 Å². The van der Waals surface area contributed by atoms with Crippen molar-refractivity contribution < 1.29 is 4.74 Å². The third-order valence-electron chi connectivity index (χ3n) is 3.14. The number of hydrogen-bond acceptors (Lipinski definition) is 3. The monoisotopic (exact) mass is 256 g/mol. The highest BCUT2D eigenvalue weighted by Gasteiger charge is 2.09. The Morgan fingerprint density at radius 3 is 2.74 bits per heavy atom. The maximum absolute atomic E-state index is 5.99. The highest BCUT2D eigenvalue weighted by atomic mass is 16.5. The number of aryl methyl sites for hydroxylation is 2. The molecule has 1 atom stereocenters. The Kier molecular flexibility index (Phi) is 4.17. The van der Waals surface area contributed by atoms with Crippen molar-refractivity contribution >= 4 is 0 Å². The zero-order chi connectivity index (χ0) is 13.8. The predicted molar refractivity (Wildman–Crippen MR) is 77.1 cm³/mol. The van der Waals surface area contributed by atoms with Crippen molar-refractivity contribution in [2.24, 2.45) is 5.73 Å². The fraction of sp³-hybridized carbons (Fsp3) is 0.312. The fourth-order valence-corrected chi connectivity index (χ4v) is 1.97. The molecule has 0 aliphatic heterocycles. The van der Waals surface area contributed by atoms with Crippen LogP contribution in [0.25, 0.3) is 0 Å². The molecule has 0 saturated carbocycles. The molecule has 100 valence electrons. The molecule has 1 heterocycles. The van der Waals surface area contributed by atoms with Crippen LogP contribution in [0.15, 0.2) is 36.5 Å². The number of pyridine rings is 1. The maximum Gasteiger partial charge on any atom is 0.130 e. The summed E-state index contributed by atoms with van der Waals surface area (Å²) in [4.78, 5) is 4.33. The zero-order valence-electron chi connectivity index (χ0n) is 11.7. The lowest BCUT2D eigenvalue weighted by molar-refractivity contribution is 0.296. The number of hydrogen-bond donors (Lipinski definition) is 1. The second kappa shape index (κ2) is 5.85. The number of aromatic nitrogens is 1. The molecule has 0 amide bonds. The molecule has 3 nitrogen and oxygen atoms in total. The fourth-order valence-electron chi connectivity index (χ4n) is 1.97. The van der Waals surface area contributed by atoms with Crippen molar-refractivity contribution in [2.75, 3.05) is 0 Å². The van der Waals surface area contributed by atoms with Gasteiger partial charge in [0.15, 0.2) is 0 Å². The van der Waals surface area contributed by atoms with E-state index in [1.807, 2.05) is 38.1 Å². The topological polar surface area (TPSA) is 48.1 Å². The van der Waals surface area contributed by atoms with Crippen molar-refractivity contribution in [1.29, 1.82) is 0 Å². The van der Waals surface area contributed by atoms with E-state index < -0.39 is 0 Å². The normalized spacial score (nSPS) is 12.2. The van der Waals surface area contributed by atoms with E-state index in [-0.39, 0.29) is 6.04 Å². The minimum atomic E-state index is -0.0419. The average molecular weight is 256 g/mol. The maximum atomic E-state index is 5.99. The number of benzene rings is 1. The van der Waals surface area contributed by atoms with Gasteiger partial charge in [-0.25, -0.2) is 0 Å². The molecule has 19 heavy (non-hydrogen) atoms. The summed E-state index contributed by atoms with van der Waals surface area (Å²) in [5.74, 6) is 0.839. The van der Waals surface area contributed by atoms with E-state index in [0.29, 0.717) is 6.61 Å². The summed E-state index contributed by atoms with van der Waals surface area (Å²) < 4.78 is 5.88. The van der Waals surface area contributed by atoms with Gasteiger partial charge < -0.3 is 10.5 Å². The molecule has 1 unspecified atom stereocenters. The van der Waals surface area contributed by atoms with Gasteiger partial charge in [0.05, 0.1) is 5.69 Å². The SMILES string of the molecule is Cc1ccc(OCc2ncccc2C)c(C(C)N)c1. The van der Waals surface area contributed by atoms with Gasteiger partial charge in [-0.05, 0) is 38.5 Å². The standard InChI is InChI=1S/C16H20N2O/c1-11-6-7-16(14(9-11)13(3)17)19-10-15-12(2)5-4-8-18-15/h4-9,13H,10,17H2,1-3H3. The van der Waals surface area contributed by atoms with Crippen molar-refractivity contribution in [3.05, 3.63) is 58.9 Å². The molecule has 0 spiro atoms. The number of nitrogens with two attached hydrogens (primary N) is 1. The Morgan fingerprint density at radius 2 is 2.05 bits per heavy atom. The molecule has 1 aromatic carbocycles. The van der Waals surface area contributed by atoms with Crippen LogP contribution in [0.3, 0.4) is 0 Å². The summed E-state index contributed by atoms with van der Waals surface area (Å²) in [6, 6.07) is 10.0. The summed E-state index contributed by atoms with van der Waals surface area (Å²) in [6.07, 6.45) is 1.79. The van der Waals surface area contributed by atoms with Crippen LogP contribution in [0.1, 0.15) is 35.3 Å². The lowest BCUT2D eigenvalue weighted by atomic mass is 10.1. The lowest BCUT2D eigenvalue weighted by Crippen LogP contribution is -2.09. The molecule has 0 radical (unpaired) electrons. The molecule has 0 fully saturated rings. The summed E-state index contributed by atoms with van der Waals surface area (Å²) in [5.41, 5.74) is 10.3. The summed E-state index contributed by atoms with van der Waals surface area (Å²) >= 11 is 0. The predicted octanol–water partition coefficient (Wildman–Crippen LogP) is 3.30. The van der Waals surface area contributed by atoms with E-state index in [0.717, 1.165) is 22.6 Å². The van der Waals surface area contributed by atoms with Crippen LogP contribution in [0.5, 0.6) is 5.75 Å². The Bertz CT molecular complexity index is 564. The Balaban J connectivity index is 2.18. The van der Waals surface area contributed by atoms with Gasteiger partial charge in [-0.15, -0.1) is 0 Å². The van der Waals surface area contributed by atoms with E-state index in [2.05, 4.69) is 18.0 Å². The van der Waals surface area contributed by atoms with Crippen molar-refractivity contribution in [2.45, 2.75) is 33.4 Å². The minimum absolute atomic E-state index is 0.0419. The molecule has 2 rings (SSSR count). The molecule has 2 aromatic rings. The Hall–Kier alpha value is -1.87. The second-order valence-corrected chi connectivity index (χ2v) is 4.89. The molecular formula is C16H20N2O. The van der Waals surface area contributed by atoms with Crippen LogP contribution in [0, 0.1) is 13.8 Å². The van der Waals surface area contributed by atoms with Crippen molar-refractivity contribution in [3.63, 3.8) is 0 Å². The first-order valence-corrected chi connectivity index (χ1v) is 6.47. The quantitative estimate of drug-likeness (QED) is 0.913. The Labute approximate surface area is 114 Å². The van der Waals surface area contributed by atoms with Crippen molar-refractivity contribution in [1.82, 2.24) is 4.98 Å². The van der Waals surface area contributed by atoms with Gasteiger partial charge in [-0.2, -0.15) is 0 Å². The second-order valence-electron chi connectivity index (χ2n) is 4.89. The smallest absolute Gasteiger partial charge is 0.130 e. The van der Waals surface area contributed by atoms with Crippen LogP contribution >= 0.6 is 0 Å². The van der Waals surface area contributed by atoms with E-state index in [4.69, 9.17) is 10.5 Å². The molecular weight excluding hydrogens is 236 g/mol. The van der Waals surface area contributed by atoms with Crippen molar-refractivity contribution in [3.8, 4) is 5.75 Å². The van der Waals surface area contributed by atoms with E-state index in [1.54, 1.807) is 6.20 Å². The van der Waals surface area contributed by atoms with Gasteiger partial charge in [-0.1, -0.05) is 23.8 Å². The van der Waals surface area contributed by atoms with Crippen LogP contribution in [-0.2, 0) is 6.61 Å². The zero-order valence-corrected chi connectivity index (χ0v) is 11.7. The first kappa shape index (κ1) is 13.6. The third-order valence-corrected chi connectivity index (χ3v) is 3.14. The number of nitrogens with zero attached hydrogens (tertiary/aromatic N) is 1. The lowest BCUT2D eigenvalue weighted by Gasteiger charge is -2.15. The van der Waals surface area contributed by atoms with E-state index in [1.165, 1.54) is 5.56 Å². The summed E-state index contributed by atoms with van der Waals surface area (Å²) in [5, 5.41) is 0. The molecule has 0 aliphatic rings. The third kappa shape index (κ3) is 3.32. The highest BCUT2D eigenvalue weighted by molar-refractivity contribution is 5.39. The van der Waals surface area contributed by atoms with Crippen LogP contribution < -0.4 is 10.5 Å². The first-order valence-electron chi connectivity index (χ1n) is 6.47. The van der Waals surface area contributed by atoms with Gasteiger partial charge in [0.1, 0.15) is 12.4 Å². The Morgan fingerprint density at radius 1 is 1.26 bits per heavy atom. The van der Waals surface area contributed by atoms with Gasteiger partial charge in [0, 0.05) is 17.8 Å². The molecule has 3 heteroatoms. The van der Waals surface area contributed by atoms with Gasteiger partial charge >= 0.3 is 0 Å². The summed E-state index contributed by atoms with van der Waals surface area (Å²) in [7, 11) is 0. The van der Waals surface area contributed by atoms with Crippen LogP contribution in [-0.4, -0.2) is 4.98 Å². The minimum Gasteiger partial charge on any atom is -0.487 e. The highest BCUT2D eigenvalue weighted by Crippen LogP contribution is 2.25. The van der Waals surface area contributed by atoms with Crippen LogP contribution in [0.2, 0.25) is 0 Å². The van der Waals surface area contributed by atoms with Gasteiger partial charge in [0.2, 0.25) is 0 Å². The van der Waals surface area contributed by atoms with E-state index >= 15 is 0 Å². The molecule has 0 aliphatic carbocycles.